The standard InChI is InChI=1S/C10H11ClFNSi/c1-14(2,3)5-4-8-6-9(12)7-13-10(8)11/h6-7H,1-3H3. The molecular formula is C10H11ClFNSi. The normalized spacial score (nSPS) is 10.6. The molecule has 0 unspecified atom stereocenters. The molecule has 0 radical (unpaired) electrons. The molecule has 0 atom stereocenters. The van der Waals surface area contributed by atoms with Gasteiger partial charge in [-0.3, -0.25) is 0 Å². The lowest BCUT2D eigenvalue weighted by Gasteiger charge is -2.03. The van der Waals surface area contributed by atoms with Crippen LogP contribution in [0.1, 0.15) is 5.56 Å². The highest BCUT2D eigenvalue weighted by atomic mass is 35.5. The average molecular weight is 228 g/mol. The van der Waals surface area contributed by atoms with Gasteiger partial charge in [0.2, 0.25) is 0 Å². The fraction of sp³-hybridized carbons (Fsp3) is 0.300. The van der Waals surface area contributed by atoms with Gasteiger partial charge in [-0.05, 0) is 6.07 Å². The predicted molar refractivity (Wildman–Crippen MR) is 59.4 cm³/mol. The number of pyridine rings is 1. The van der Waals surface area contributed by atoms with Crippen molar-refractivity contribution in [1.82, 2.24) is 4.98 Å². The molecule has 0 spiro atoms. The van der Waals surface area contributed by atoms with E-state index in [4.69, 9.17) is 11.6 Å². The third-order valence-corrected chi connectivity index (χ3v) is 2.55. The summed E-state index contributed by atoms with van der Waals surface area (Å²) >= 11 is 5.76. The van der Waals surface area contributed by atoms with Crippen LogP contribution in [0.3, 0.4) is 0 Å². The Kier molecular flexibility index (Phi) is 3.30. The third kappa shape index (κ3) is 3.49. The molecule has 1 aromatic heterocycles. The second kappa shape index (κ2) is 4.12. The molecule has 0 aromatic carbocycles. The van der Waals surface area contributed by atoms with Gasteiger partial charge in [0.1, 0.15) is 19.0 Å². The van der Waals surface area contributed by atoms with E-state index in [9.17, 15) is 4.39 Å². The van der Waals surface area contributed by atoms with Crippen LogP contribution in [0.5, 0.6) is 0 Å². The Hall–Kier alpha value is -0.853. The lowest BCUT2D eigenvalue weighted by atomic mass is 10.3. The second-order valence-corrected chi connectivity index (χ2v) is 9.10. The van der Waals surface area contributed by atoms with Gasteiger partial charge in [-0.25, -0.2) is 9.37 Å². The molecule has 0 fully saturated rings. The van der Waals surface area contributed by atoms with E-state index in [-0.39, 0.29) is 5.15 Å². The number of nitrogens with zero attached hydrogens (tertiary/aromatic N) is 1. The van der Waals surface area contributed by atoms with Crippen molar-refractivity contribution in [2.45, 2.75) is 19.6 Å². The monoisotopic (exact) mass is 227 g/mol. The van der Waals surface area contributed by atoms with Crippen LogP contribution in [0.4, 0.5) is 4.39 Å². The molecule has 1 rings (SSSR count). The maximum Gasteiger partial charge on any atom is 0.144 e. The Morgan fingerprint density at radius 1 is 1.43 bits per heavy atom. The summed E-state index contributed by atoms with van der Waals surface area (Å²) in [6, 6.07) is 1.31. The van der Waals surface area contributed by atoms with E-state index < -0.39 is 13.9 Å². The zero-order chi connectivity index (χ0) is 10.8. The summed E-state index contributed by atoms with van der Waals surface area (Å²) in [4.78, 5) is 3.68. The summed E-state index contributed by atoms with van der Waals surface area (Å²) in [7, 11) is -1.45. The lowest BCUT2D eigenvalue weighted by Crippen LogP contribution is -2.16. The minimum atomic E-state index is -1.45. The molecule has 0 N–H and O–H groups in total. The van der Waals surface area contributed by atoms with Crippen LogP contribution in [0, 0.1) is 17.3 Å². The van der Waals surface area contributed by atoms with Gasteiger partial charge in [0.25, 0.3) is 0 Å². The van der Waals surface area contributed by atoms with Crippen LogP contribution in [0.15, 0.2) is 12.3 Å². The molecule has 1 aromatic rings. The first-order valence-electron chi connectivity index (χ1n) is 4.23. The van der Waals surface area contributed by atoms with Crippen molar-refractivity contribution in [3.05, 3.63) is 28.8 Å². The molecule has 0 saturated heterocycles. The summed E-state index contributed by atoms with van der Waals surface area (Å²) in [5.41, 5.74) is 3.57. The van der Waals surface area contributed by atoms with E-state index >= 15 is 0 Å². The van der Waals surface area contributed by atoms with Gasteiger partial charge >= 0.3 is 0 Å². The molecule has 0 aliphatic rings. The zero-order valence-electron chi connectivity index (χ0n) is 8.36. The minimum Gasteiger partial charge on any atom is -0.240 e. The van der Waals surface area contributed by atoms with Crippen LogP contribution >= 0.6 is 11.6 Å². The number of rotatable bonds is 0. The van der Waals surface area contributed by atoms with Gasteiger partial charge in [0.05, 0.1) is 11.8 Å². The first-order valence-corrected chi connectivity index (χ1v) is 8.10. The first-order chi connectivity index (χ1) is 6.38. The maximum atomic E-state index is 12.8. The molecule has 0 saturated carbocycles. The molecule has 74 valence electrons. The second-order valence-electron chi connectivity index (χ2n) is 3.99. The molecule has 4 heteroatoms. The number of halogens is 2. The fourth-order valence-electron chi connectivity index (χ4n) is 0.765. The molecule has 0 amide bonds. The van der Waals surface area contributed by atoms with Crippen LogP contribution < -0.4 is 0 Å². The highest BCUT2D eigenvalue weighted by Crippen LogP contribution is 2.12. The SMILES string of the molecule is C[Si](C)(C)C#Cc1cc(F)cnc1Cl. The van der Waals surface area contributed by atoms with E-state index in [1.54, 1.807) is 0 Å². The van der Waals surface area contributed by atoms with Crippen LogP contribution in [-0.2, 0) is 0 Å². The Labute approximate surface area is 89.3 Å². The molecule has 0 bridgehead atoms. The molecule has 1 nitrogen and oxygen atoms in total. The van der Waals surface area contributed by atoms with Gasteiger partial charge < -0.3 is 0 Å². The summed E-state index contributed by atoms with van der Waals surface area (Å²) in [6.07, 6.45) is 1.09. The molecule has 1 heterocycles. The van der Waals surface area contributed by atoms with Gasteiger partial charge in [-0.15, -0.1) is 5.54 Å². The summed E-state index contributed by atoms with van der Waals surface area (Å²) < 4.78 is 12.8. The number of aromatic nitrogens is 1. The Balaban J connectivity index is 3.06. The van der Waals surface area contributed by atoms with E-state index in [2.05, 4.69) is 36.1 Å². The smallest absolute Gasteiger partial charge is 0.144 e. The van der Waals surface area contributed by atoms with Crippen molar-refractivity contribution in [1.29, 1.82) is 0 Å². The van der Waals surface area contributed by atoms with Crippen molar-refractivity contribution >= 4 is 19.7 Å². The van der Waals surface area contributed by atoms with E-state index in [1.165, 1.54) is 6.07 Å². The Bertz CT molecular complexity index is 401. The highest BCUT2D eigenvalue weighted by molar-refractivity contribution is 6.83. The van der Waals surface area contributed by atoms with E-state index in [1.807, 2.05) is 0 Å². The minimum absolute atomic E-state index is 0.261. The quantitative estimate of drug-likeness (QED) is 0.377. The van der Waals surface area contributed by atoms with Crippen molar-refractivity contribution in [2.75, 3.05) is 0 Å². The van der Waals surface area contributed by atoms with E-state index in [0.717, 1.165) is 6.20 Å². The van der Waals surface area contributed by atoms with E-state index in [0.29, 0.717) is 5.56 Å². The Morgan fingerprint density at radius 2 is 2.07 bits per heavy atom. The maximum absolute atomic E-state index is 12.8. The largest absolute Gasteiger partial charge is 0.240 e. The van der Waals surface area contributed by atoms with Crippen molar-refractivity contribution in [2.24, 2.45) is 0 Å². The molecule has 0 aliphatic heterocycles. The summed E-state index contributed by atoms with van der Waals surface area (Å²) in [5.74, 6) is 2.46. The van der Waals surface area contributed by atoms with Crippen LogP contribution in [0.2, 0.25) is 24.8 Å². The summed E-state index contributed by atoms with van der Waals surface area (Å²) in [5, 5.41) is 0.261. The molecule has 0 aliphatic carbocycles. The highest BCUT2D eigenvalue weighted by Gasteiger charge is 2.08. The number of hydrogen-bond acceptors (Lipinski definition) is 1. The Morgan fingerprint density at radius 3 is 2.64 bits per heavy atom. The van der Waals surface area contributed by atoms with Crippen molar-refractivity contribution in [3.63, 3.8) is 0 Å². The van der Waals surface area contributed by atoms with Crippen LogP contribution in [-0.4, -0.2) is 13.1 Å². The first kappa shape index (κ1) is 11.2. The average Bonchev–Trinajstić information content (AvgIpc) is 2.05. The van der Waals surface area contributed by atoms with Gasteiger partial charge in [0.15, 0.2) is 0 Å². The lowest BCUT2D eigenvalue weighted by molar-refractivity contribution is 0.621. The third-order valence-electron chi connectivity index (χ3n) is 1.38. The number of hydrogen-bond donors (Lipinski definition) is 0. The fourth-order valence-corrected chi connectivity index (χ4v) is 1.43. The molecule has 14 heavy (non-hydrogen) atoms. The predicted octanol–water partition coefficient (Wildman–Crippen LogP) is 3.10. The van der Waals surface area contributed by atoms with Gasteiger partial charge in [-0.2, -0.15) is 0 Å². The van der Waals surface area contributed by atoms with Crippen LogP contribution in [0.25, 0.3) is 0 Å². The van der Waals surface area contributed by atoms with Crippen molar-refractivity contribution in [3.8, 4) is 11.5 Å². The van der Waals surface area contributed by atoms with Gasteiger partial charge in [0, 0.05) is 0 Å². The summed E-state index contributed by atoms with van der Waals surface area (Å²) in [6.45, 7) is 6.34. The topological polar surface area (TPSA) is 12.9 Å². The molecular weight excluding hydrogens is 217 g/mol. The van der Waals surface area contributed by atoms with Crippen molar-refractivity contribution < 1.29 is 4.39 Å². The van der Waals surface area contributed by atoms with Gasteiger partial charge in [-0.1, -0.05) is 37.2 Å². The zero-order valence-corrected chi connectivity index (χ0v) is 10.1.